The topological polar surface area (TPSA) is 51.2 Å². The Balaban J connectivity index is 2.01. The first kappa shape index (κ1) is 14.7. The molecule has 0 aliphatic heterocycles. The zero-order chi connectivity index (χ0) is 13.8. The summed E-state index contributed by atoms with van der Waals surface area (Å²) < 4.78 is 5.11. The van der Waals surface area contributed by atoms with Gasteiger partial charge in [0.1, 0.15) is 5.92 Å². The van der Waals surface area contributed by atoms with Crippen molar-refractivity contribution < 1.29 is 9.53 Å². The quantitative estimate of drug-likeness (QED) is 0.819. The molecule has 0 bridgehead atoms. The Kier molecular flexibility index (Phi) is 5.10. The molecule has 1 aliphatic rings. The zero-order valence-electron chi connectivity index (χ0n) is 11.6. The average molecular weight is 300 g/mol. The molecule has 0 saturated carbocycles. The van der Waals surface area contributed by atoms with E-state index in [0.717, 1.165) is 30.2 Å². The van der Waals surface area contributed by atoms with Crippen molar-refractivity contribution in [1.29, 1.82) is 0 Å². The fourth-order valence-electron chi connectivity index (χ4n) is 2.09. The van der Waals surface area contributed by atoms with Crippen molar-refractivity contribution >= 4 is 34.2 Å². The highest BCUT2D eigenvalue weighted by Crippen LogP contribution is 2.38. The minimum Gasteiger partial charge on any atom is -0.465 e. The molecule has 19 heavy (non-hydrogen) atoms. The van der Waals surface area contributed by atoms with Gasteiger partial charge in [-0.05, 0) is 26.0 Å². The van der Waals surface area contributed by atoms with Gasteiger partial charge in [0.15, 0.2) is 5.13 Å². The number of rotatable bonds is 6. The van der Waals surface area contributed by atoms with E-state index in [1.165, 1.54) is 4.88 Å². The third kappa shape index (κ3) is 3.42. The molecule has 1 aromatic heterocycles. The van der Waals surface area contributed by atoms with E-state index in [1.807, 2.05) is 18.7 Å². The summed E-state index contributed by atoms with van der Waals surface area (Å²) in [7, 11) is 0. The van der Waals surface area contributed by atoms with Crippen LogP contribution < -0.4 is 5.32 Å². The van der Waals surface area contributed by atoms with Crippen LogP contribution in [0.4, 0.5) is 5.13 Å². The number of fused-ring (bicyclic) bond motifs is 1. The molecule has 0 saturated heterocycles. The predicted molar refractivity (Wildman–Crippen MR) is 81.3 cm³/mol. The molecule has 1 heterocycles. The van der Waals surface area contributed by atoms with Gasteiger partial charge in [-0.1, -0.05) is 6.92 Å². The summed E-state index contributed by atoms with van der Waals surface area (Å²) in [5.41, 5.74) is 0.933. The molecular formula is C13H20N2O2S2. The Morgan fingerprint density at radius 3 is 3.16 bits per heavy atom. The van der Waals surface area contributed by atoms with Crippen molar-refractivity contribution in [3.8, 4) is 0 Å². The van der Waals surface area contributed by atoms with Gasteiger partial charge in [0.05, 0.1) is 12.3 Å². The molecule has 0 aromatic carbocycles. The van der Waals surface area contributed by atoms with E-state index in [9.17, 15) is 4.79 Å². The highest BCUT2D eigenvalue weighted by Gasteiger charge is 2.33. The van der Waals surface area contributed by atoms with E-state index in [0.29, 0.717) is 11.9 Å². The molecule has 2 rings (SSSR count). The molecule has 6 heteroatoms. The Bertz CT molecular complexity index is 448. The maximum Gasteiger partial charge on any atom is 0.315 e. The van der Waals surface area contributed by atoms with E-state index in [1.54, 1.807) is 11.3 Å². The van der Waals surface area contributed by atoms with Crippen molar-refractivity contribution in [3.05, 3.63) is 10.6 Å². The number of anilines is 1. The number of aryl methyl sites for hydroxylation is 1. The number of nitrogens with one attached hydrogen (secondary N) is 1. The third-order valence-corrected chi connectivity index (χ3v) is 5.29. The number of esters is 1. The van der Waals surface area contributed by atoms with Crippen LogP contribution in [0.1, 0.15) is 36.8 Å². The average Bonchev–Trinajstić information content (AvgIpc) is 2.95. The number of aromatic nitrogens is 1. The number of carbonyl (C=O) groups excluding carboxylic acids is 1. The van der Waals surface area contributed by atoms with E-state index >= 15 is 0 Å². The van der Waals surface area contributed by atoms with Gasteiger partial charge in [-0.2, -0.15) is 11.8 Å². The lowest BCUT2D eigenvalue weighted by atomic mass is 10.1. The second-order valence-electron chi connectivity index (χ2n) is 4.60. The lowest BCUT2D eigenvalue weighted by molar-refractivity contribution is -0.145. The lowest BCUT2D eigenvalue weighted by Crippen LogP contribution is -2.15. The first-order chi connectivity index (χ1) is 9.15. The molecule has 2 atom stereocenters. The highest BCUT2D eigenvalue weighted by molar-refractivity contribution is 7.99. The number of thiazole rings is 1. The smallest absolute Gasteiger partial charge is 0.315 e. The normalized spacial score (nSPS) is 19.0. The number of hydrogen-bond acceptors (Lipinski definition) is 6. The summed E-state index contributed by atoms with van der Waals surface area (Å²) in [6.07, 6.45) is 3.88. The molecule has 1 N–H and O–H groups in total. The maximum absolute atomic E-state index is 11.8. The summed E-state index contributed by atoms with van der Waals surface area (Å²) in [6, 6.07) is 0. The first-order valence-electron chi connectivity index (χ1n) is 6.58. The lowest BCUT2D eigenvalue weighted by Gasteiger charge is -2.09. The summed E-state index contributed by atoms with van der Waals surface area (Å²) in [5.74, 6) is -0.282. The summed E-state index contributed by atoms with van der Waals surface area (Å²) in [5, 5.41) is 4.84. The van der Waals surface area contributed by atoms with Crippen LogP contribution in [-0.4, -0.2) is 35.6 Å². The van der Waals surface area contributed by atoms with Gasteiger partial charge in [-0.3, -0.25) is 4.79 Å². The molecule has 0 radical (unpaired) electrons. The van der Waals surface area contributed by atoms with Crippen LogP contribution in [0.2, 0.25) is 0 Å². The molecule has 4 nitrogen and oxygen atoms in total. The van der Waals surface area contributed by atoms with Gasteiger partial charge in [-0.15, -0.1) is 11.3 Å². The number of thioether (sulfide) groups is 1. The van der Waals surface area contributed by atoms with Crippen LogP contribution in [0.3, 0.4) is 0 Å². The molecule has 2 unspecified atom stereocenters. The molecule has 1 aromatic rings. The van der Waals surface area contributed by atoms with E-state index in [4.69, 9.17) is 4.74 Å². The van der Waals surface area contributed by atoms with Crippen molar-refractivity contribution in [2.24, 2.45) is 0 Å². The second kappa shape index (κ2) is 6.61. The number of hydrogen-bond donors (Lipinski definition) is 1. The first-order valence-corrected chi connectivity index (χ1v) is 8.69. The van der Waals surface area contributed by atoms with E-state index in [-0.39, 0.29) is 11.9 Å². The molecular weight excluding hydrogens is 280 g/mol. The molecule has 0 spiro atoms. The standard InChI is InChI=1S/C13H20N2O2S2/c1-4-17-12(16)9-5-6-10-11(9)15-13(19-10)14-7-8(2)18-3/h8-9H,4-7H2,1-3H3,(H,14,15). The van der Waals surface area contributed by atoms with Gasteiger partial charge >= 0.3 is 5.97 Å². The Labute approximate surface area is 122 Å². The SMILES string of the molecule is CCOC(=O)C1CCc2sc(NCC(C)SC)nc21. The van der Waals surface area contributed by atoms with Crippen molar-refractivity contribution in [2.75, 3.05) is 24.7 Å². The van der Waals surface area contributed by atoms with Crippen molar-refractivity contribution in [3.63, 3.8) is 0 Å². The molecule has 0 fully saturated rings. The summed E-state index contributed by atoms with van der Waals surface area (Å²) >= 11 is 3.50. The highest BCUT2D eigenvalue weighted by atomic mass is 32.2. The van der Waals surface area contributed by atoms with E-state index < -0.39 is 0 Å². The largest absolute Gasteiger partial charge is 0.465 e. The van der Waals surface area contributed by atoms with Crippen molar-refractivity contribution in [2.45, 2.75) is 37.9 Å². The van der Waals surface area contributed by atoms with Crippen molar-refractivity contribution in [1.82, 2.24) is 4.98 Å². The van der Waals surface area contributed by atoms with Crippen LogP contribution in [0.15, 0.2) is 0 Å². The van der Waals surface area contributed by atoms with Gasteiger partial charge in [-0.25, -0.2) is 4.98 Å². The Hall–Kier alpha value is -0.750. The summed E-state index contributed by atoms with van der Waals surface area (Å²) in [6.45, 7) is 5.36. The van der Waals surface area contributed by atoms with Gasteiger partial charge in [0.25, 0.3) is 0 Å². The number of ether oxygens (including phenoxy) is 1. The Morgan fingerprint density at radius 2 is 2.47 bits per heavy atom. The monoisotopic (exact) mass is 300 g/mol. The maximum atomic E-state index is 11.8. The van der Waals surface area contributed by atoms with Crippen LogP contribution in [0.5, 0.6) is 0 Å². The third-order valence-electron chi connectivity index (χ3n) is 3.23. The summed E-state index contributed by atoms with van der Waals surface area (Å²) in [4.78, 5) is 17.7. The zero-order valence-corrected chi connectivity index (χ0v) is 13.2. The molecule has 1 aliphatic carbocycles. The Morgan fingerprint density at radius 1 is 1.68 bits per heavy atom. The van der Waals surface area contributed by atoms with Crippen LogP contribution in [0.25, 0.3) is 0 Å². The van der Waals surface area contributed by atoms with Gasteiger partial charge in [0, 0.05) is 16.7 Å². The van der Waals surface area contributed by atoms with Crippen LogP contribution >= 0.6 is 23.1 Å². The number of carbonyl (C=O) groups is 1. The second-order valence-corrected chi connectivity index (χ2v) is 6.96. The van der Waals surface area contributed by atoms with Gasteiger partial charge < -0.3 is 10.1 Å². The van der Waals surface area contributed by atoms with E-state index in [2.05, 4.69) is 23.5 Å². The number of nitrogens with zero attached hydrogens (tertiary/aromatic N) is 1. The van der Waals surface area contributed by atoms with Crippen LogP contribution in [0, 0.1) is 0 Å². The fourth-order valence-corrected chi connectivity index (χ4v) is 3.38. The minimum atomic E-state index is -0.153. The molecule has 0 amide bonds. The van der Waals surface area contributed by atoms with Gasteiger partial charge in [0.2, 0.25) is 0 Å². The van der Waals surface area contributed by atoms with Crippen LogP contribution in [-0.2, 0) is 16.0 Å². The predicted octanol–water partition coefficient (Wildman–Crippen LogP) is 2.90. The minimum absolute atomic E-state index is 0.129. The fraction of sp³-hybridized carbons (Fsp3) is 0.692. The molecule has 106 valence electrons.